The molecule has 7 nitrogen and oxygen atoms in total. The summed E-state index contributed by atoms with van der Waals surface area (Å²) >= 11 is 0. The van der Waals surface area contributed by atoms with E-state index in [0.29, 0.717) is 6.54 Å². The number of alkyl carbamates (subject to hydrolysis) is 1. The third-order valence-corrected chi connectivity index (χ3v) is 5.10. The summed E-state index contributed by atoms with van der Waals surface area (Å²) in [6.45, 7) is 5.72. The van der Waals surface area contributed by atoms with Crippen molar-refractivity contribution in [3.05, 3.63) is 35.4 Å². The molecule has 156 valence electrons. The van der Waals surface area contributed by atoms with Gasteiger partial charge in [-0.25, -0.2) is 4.79 Å². The Morgan fingerprint density at radius 3 is 2.76 bits per heavy atom. The van der Waals surface area contributed by atoms with Gasteiger partial charge in [-0.15, -0.1) is 6.42 Å². The minimum Gasteiger partial charge on any atom is -0.444 e. The summed E-state index contributed by atoms with van der Waals surface area (Å²) in [6, 6.07) is 6.73. The average Bonchev–Trinajstić information content (AvgIpc) is 2.66. The van der Waals surface area contributed by atoms with Gasteiger partial charge in [-0.2, -0.15) is 0 Å². The predicted molar refractivity (Wildman–Crippen MR) is 107 cm³/mol. The first-order chi connectivity index (χ1) is 13.7. The highest BCUT2D eigenvalue weighted by Crippen LogP contribution is 2.31. The quantitative estimate of drug-likeness (QED) is 0.739. The largest absolute Gasteiger partial charge is 0.444 e. The number of amides is 2. The van der Waals surface area contributed by atoms with E-state index in [1.165, 1.54) is 0 Å². The monoisotopic (exact) mass is 400 g/mol. The van der Waals surface area contributed by atoms with Gasteiger partial charge in [-0.05, 0) is 38.3 Å². The lowest BCUT2D eigenvalue weighted by molar-refractivity contribution is -0.155. The number of aliphatic hydroxyl groups excluding tert-OH is 1. The number of nitrogens with one attached hydrogen (secondary N) is 1. The van der Waals surface area contributed by atoms with Crippen LogP contribution in [0.25, 0.3) is 0 Å². The Balaban J connectivity index is 1.69. The molecule has 1 aromatic rings. The van der Waals surface area contributed by atoms with Crippen molar-refractivity contribution in [2.24, 2.45) is 0 Å². The van der Waals surface area contributed by atoms with E-state index >= 15 is 0 Å². The number of fused-ring (bicyclic) bond motifs is 1. The third-order valence-electron chi connectivity index (χ3n) is 5.10. The molecule has 0 bridgehead atoms. The minimum atomic E-state index is -0.919. The highest BCUT2D eigenvalue weighted by atomic mass is 16.6. The number of ether oxygens (including phenoxy) is 2. The van der Waals surface area contributed by atoms with E-state index < -0.39 is 36.0 Å². The molecule has 0 aromatic heterocycles. The van der Waals surface area contributed by atoms with Crippen molar-refractivity contribution in [1.82, 2.24) is 10.2 Å². The van der Waals surface area contributed by atoms with Gasteiger partial charge in [0, 0.05) is 13.0 Å². The molecule has 29 heavy (non-hydrogen) atoms. The van der Waals surface area contributed by atoms with E-state index in [9.17, 15) is 14.7 Å². The van der Waals surface area contributed by atoms with E-state index in [1.807, 2.05) is 24.3 Å². The molecule has 0 saturated carbocycles. The second-order valence-corrected chi connectivity index (χ2v) is 8.43. The molecule has 0 aliphatic carbocycles. The van der Waals surface area contributed by atoms with Crippen LogP contribution in [-0.2, 0) is 20.7 Å². The fourth-order valence-corrected chi connectivity index (χ4v) is 3.74. The number of nitrogens with zero attached hydrogens (tertiary/aromatic N) is 1. The summed E-state index contributed by atoms with van der Waals surface area (Å²) in [5.74, 6) is 2.49. The number of rotatable bonds is 2. The summed E-state index contributed by atoms with van der Waals surface area (Å²) in [5, 5.41) is 12.9. The van der Waals surface area contributed by atoms with Crippen LogP contribution in [0.15, 0.2) is 24.3 Å². The maximum atomic E-state index is 13.2. The van der Waals surface area contributed by atoms with E-state index in [0.717, 1.165) is 17.5 Å². The first kappa shape index (κ1) is 21.2. The van der Waals surface area contributed by atoms with Gasteiger partial charge < -0.3 is 24.8 Å². The number of terminal acetylenes is 1. The van der Waals surface area contributed by atoms with Crippen molar-refractivity contribution >= 4 is 12.0 Å². The van der Waals surface area contributed by atoms with Crippen LogP contribution in [0.5, 0.6) is 0 Å². The Morgan fingerprint density at radius 2 is 2.07 bits per heavy atom. The van der Waals surface area contributed by atoms with Crippen molar-refractivity contribution < 1.29 is 24.2 Å². The minimum absolute atomic E-state index is 0.0536. The Labute approximate surface area is 171 Å². The molecule has 4 atom stereocenters. The lowest BCUT2D eigenvalue weighted by atomic mass is 9.91. The van der Waals surface area contributed by atoms with Crippen LogP contribution in [0.3, 0.4) is 0 Å². The predicted octanol–water partition coefficient (Wildman–Crippen LogP) is 1.79. The van der Waals surface area contributed by atoms with E-state index in [1.54, 1.807) is 25.7 Å². The topological polar surface area (TPSA) is 88.1 Å². The summed E-state index contributed by atoms with van der Waals surface area (Å²) in [5.41, 5.74) is 1.44. The molecule has 2 heterocycles. The summed E-state index contributed by atoms with van der Waals surface area (Å²) in [7, 11) is 0. The lowest BCUT2D eigenvalue weighted by Crippen LogP contribution is -2.56. The molecule has 2 aliphatic rings. The van der Waals surface area contributed by atoms with Gasteiger partial charge in [0.25, 0.3) is 5.91 Å². The fourth-order valence-electron chi connectivity index (χ4n) is 3.74. The Morgan fingerprint density at radius 1 is 1.34 bits per heavy atom. The molecule has 1 fully saturated rings. The first-order valence-corrected chi connectivity index (χ1v) is 9.83. The summed E-state index contributed by atoms with van der Waals surface area (Å²) < 4.78 is 10.8. The van der Waals surface area contributed by atoms with E-state index in [4.69, 9.17) is 15.9 Å². The number of benzene rings is 1. The number of aliphatic hydroxyl groups is 1. The molecule has 7 heteroatoms. The van der Waals surface area contributed by atoms with Gasteiger partial charge in [-0.3, -0.25) is 4.79 Å². The van der Waals surface area contributed by atoms with Gasteiger partial charge in [0.15, 0.2) is 0 Å². The van der Waals surface area contributed by atoms with Crippen molar-refractivity contribution in [2.75, 3.05) is 13.2 Å². The SMILES string of the molecule is C#C[C@H]1c2ccccc2CCN1C(=O)[C@@H]1C[C@@H](NC(=O)OC(C)(C)C)[C@@H](O)CO1. The standard InChI is InChI=1S/C22H28N2O5/c1-5-17-15-9-7-6-8-14(15)10-11-24(17)20(26)19-12-16(18(25)13-28-19)23-21(27)29-22(2,3)4/h1,6-9,16-19,25H,10-13H2,2-4H3,(H,23,27)/t16-,17+,18+,19+/m1/s1. The zero-order chi connectivity index (χ0) is 21.2. The van der Waals surface area contributed by atoms with Crippen LogP contribution in [0.1, 0.15) is 44.4 Å². The van der Waals surface area contributed by atoms with Gasteiger partial charge in [0.1, 0.15) is 17.7 Å². The molecule has 3 rings (SSSR count). The maximum absolute atomic E-state index is 13.2. The van der Waals surface area contributed by atoms with Crippen molar-refractivity contribution in [2.45, 2.75) is 63.5 Å². The van der Waals surface area contributed by atoms with Gasteiger partial charge in [0.05, 0.1) is 18.8 Å². The van der Waals surface area contributed by atoms with Gasteiger partial charge >= 0.3 is 6.09 Å². The number of hydrogen-bond donors (Lipinski definition) is 2. The molecule has 2 aliphatic heterocycles. The molecule has 0 radical (unpaired) electrons. The summed E-state index contributed by atoms with van der Waals surface area (Å²) in [6.07, 6.45) is 4.27. The highest BCUT2D eigenvalue weighted by Gasteiger charge is 2.40. The first-order valence-electron chi connectivity index (χ1n) is 9.83. The third kappa shape index (κ3) is 4.89. The van der Waals surface area contributed by atoms with Crippen molar-refractivity contribution in [3.63, 3.8) is 0 Å². The molecular weight excluding hydrogens is 372 g/mol. The molecule has 0 unspecified atom stereocenters. The van der Waals surface area contributed by atoms with Crippen LogP contribution in [0, 0.1) is 12.3 Å². The van der Waals surface area contributed by atoms with Crippen molar-refractivity contribution in [1.29, 1.82) is 0 Å². The van der Waals surface area contributed by atoms with E-state index in [2.05, 4.69) is 11.2 Å². The second-order valence-electron chi connectivity index (χ2n) is 8.43. The molecule has 0 spiro atoms. The van der Waals surface area contributed by atoms with Crippen LogP contribution in [0.4, 0.5) is 4.79 Å². The Hall–Kier alpha value is -2.56. The Kier molecular flexibility index (Phi) is 6.15. The fraction of sp³-hybridized carbons (Fsp3) is 0.545. The number of hydrogen-bond acceptors (Lipinski definition) is 5. The van der Waals surface area contributed by atoms with E-state index in [-0.39, 0.29) is 18.9 Å². The number of carbonyl (C=O) groups excluding carboxylic acids is 2. The zero-order valence-corrected chi connectivity index (χ0v) is 17.1. The molecule has 1 aromatic carbocycles. The van der Waals surface area contributed by atoms with Crippen molar-refractivity contribution in [3.8, 4) is 12.3 Å². The average molecular weight is 400 g/mol. The maximum Gasteiger partial charge on any atom is 0.407 e. The van der Waals surface area contributed by atoms with Crippen LogP contribution in [-0.4, -0.2) is 59.0 Å². The smallest absolute Gasteiger partial charge is 0.407 e. The molecule has 2 amide bonds. The summed E-state index contributed by atoms with van der Waals surface area (Å²) in [4.78, 5) is 26.9. The molecule has 1 saturated heterocycles. The molecule has 2 N–H and O–H groups in total. The second kappa shape index (κ2) is 8.44. The normalized spacial score (nSPS) is 26.8. The van der Waals surface area contributed by atoms with Gasteiger partial charge in [0.2, 0.25) is 0 Å². The zero-order valence-electron chi connectivity index (χ0n) is 17.1. The highest BCUT2D eigenvalue weighted by molar-refractivity contribution is 5.82. The number of carbonyl (C=O) groups is 2. The van der Waals surface area contributed by atoms with Crippen LogP contribution in [0.2, 0.25) is 0 Å². The Bertz CT molecular complexity index is 810. The van der Waals surface area contributed by atoms with Crippen LogP contribution < -0.4 is 5.32 Å². The lowest BCUT2D eigenvalue weighted by Gasteiger charge is -2.39. The molecular formula is C22H28N2O5. The van der Waals surface area contributed by atoms with Crippen LogP contribution >= 0.6 is 0 Å². The van der Waals surface area contributed by atoms with Gasteiger partial charge in [-0.1, -0.05) is 30.2 Å².